The molecule has 2 aliphatic rings. The standard InChI is InChI=1S/C15H26N2O3/c1-2-15(20)8-5-11-17(12-15)14(19)7-4-10-16-9-3-6-13(16)18/h20H,2-12H2,1H3/t15-/m0/s1. The first-order valence-corrected chi connectivity index (χ1v) is 7.82. The number of rotatable bonds is 5. The fourth-order valence-corrected chi connectivity index (χ4v) is 3.13. The van der Waals surface area contributed by atoms with Gasteiger partial charge in [-0.25, -0.2) is 0 Å². The summed E-state index contributed by atoms with van der Waals surface area (Å²) in [6.07, 6.45) is 5.16. The Kier molecular flexibility index (Phi) is 5.02. The van der Waals surface area contributed by atoms with Crippen molar-refractivity contribution < 1.29 is 14.7 Å². The van der Waals surface area contributed by atoms with E-state index in [9.17, 15) is 14.7 Å². The van der Waals surface area contributed by atoms with E-state index in [-0.39, 0.29) is 11.8 Å². The number of nitrogens with zero attached hydrogens (tertiary/aromatic N) is 2. The molecule has 2 saturated heterocycles. The molecule has 2 rings (SSSR count). The first kappa shape index (κ1) is 15.3. The van der Waals surface area contributed by atoms with Gasteiger partial charge >= 0.3 is 0 Å². The SMILES string of the molecule is CC[C@]1(O)CCCN(C(=O)CCCN2CCCC2=O)C1. The van der Waals surface area contributed by atoms with Gasteiger partial charge in [-0.2, -0.15) is 0 Å². The minimum atomic E-state index is -0.696. The lowest BCUT2D eigenvalue weighted by Gasteiger charge is -2.38. The molecular weight excluding hydrogens is 256 g/mol. The summed E-state index contributed by atoms with van der Waals surface area (Å²) in [7, 11) is 0. The Bertz CT molecular complexity index is 372. The van der Waals surface area contributed by atoms with Crippen LogP contribution in [0.4, 0.5) is 0 Å². The summed E-state index contributed by atoms with van der Waals surface area (Å²) < 4.78 is 0. The van der Waals surface area contributed by atoms with Crippen LogP contribution in [0.15, 0.2) is 0 Å². The third-order valence-electron chi connectivity index (χ3n) is 4.56. The predicted molar refractivity (Wildman–Crippen MR) is 76.1 cm³/mol. The number of carbonyl (C=O) groups is 2. The highest BCUT2D eigenvalue weighted by Gasteiger charge is 2.33. The van der Waals surface area contributed by atoms with E-state index in [1.165, 1.54) is 0 Å². The van der Waals surface area contributed by atoms with Gasteiger partial charge in [0, 0.05) is 39.0 Å². The third kappa shape index (κ3) is 3.72. The Morgan fingerprint density at radius 2 is 2.15 bits per heavy atom. The zero-order chi connectivity index (χ0) is 14.6. The molecule has 1 atom stereocenters. The predicted octanol–water partition coefficient (Wildman–Crippen LogP) is 1.15. The van der Waals surface area contributed by atoms with E-state index in [0.29, 0.717) is 32.4 Å². The van der Waals surface area contributed by atoms with Gasteiger partial charge in [0.25, 0.3) is 0 Å². The van der Waals surface area contributed by atoms with Crippen molar-refractivity contribution >= 4 is 11.8 Å². The molecule has 0 aliphatic carbocycles. The van der Waals surface area contributed by atoms with Gasteiger partial charge in [0.05, 0.1) is 5.60 Å². The molecule has 0 bridgehead atoms. The molecular formula is C15H26N2O3. The van der Waals surface area contributed by atoms with E-state index in [0.717, 1.165) is 38.8 Å². The minimum absolute atomic E-state index is 0.114. The van der Waals surface area contributed by atoms with Crippen molar-refractivity contribution in [2.75, 3.05) is 26.2 Å². The molecule has 0 unspecified atom stereocenters. The smallest absolute Gasteiger partial charge is 0.222 e. The molecule has 2 heterocycles. The second-order valence-corrected chi connectivity index (χ2v) is 6.08. The lowest BCUT2D eigenvalue weighted by molar-refractivity contribution is -0.139. The number of amides is 2. The van der Waals surface area contributed by atoms with E-state index < -0.39 is 5.60 Å². The molecule has 5 heteroatoms. The molecule has 0 aromatic carbocycles. The summed E-state index contributed by atoms with van der Waals surface area (Å²) in [5, 5.41) is 10.3. The summed E-state index contributed by atoms with van der Waals surface area (Å²) in [5.74, 6) is 0.332. The molecule has 114 valence electrons. The molecule has 0 aromatic heterocycles. The van der Waals surface area contributed by atoms with Crippen molar-refractivity contribution in [1.29, 1.82) is 0 Å². The molecule has 2 amide bonds. The van der Waals surface area contributed by atoms with E-state index in [4.69, 9.17) is 0 Å². The van der Waals surface area contributed by atoms with Crippen LogP contribution in [-0.4, -0.2) is 58.5 Å². The lowest BCUT2D eigenvalue weighted by atomic mass is 9.90. The number of carbonyl (C=O) groups excluding carboxylic acids is 2. The zero-order valence-corrected chi connectivity index (χ0v) is 12.4. The normalized spacial score (nSPS) is 27.2. The van der Waals surface area contributed by atoms with Gasteiger partial charge in [-0.05, 0) is 32.1 Å². The Labute approximate surface area is 120 Å². The molecule has 2 fully saturated rings. The summed E-state index contributed by atoms with van der Waals surface area (Å²) in [6, 6.07) is 0. The fraction of sp³-hybridized carbons (Fsp3) is 0.867. The monoisotopic (exact) mass is 282 g/mol. The van der Waals surface area contributed by atoms with Gasteiger partial charge in [0.1, 0.15) is 0 Å². The Morgan fingerprint density at radius 1 is 1.35 bits per heavy atom. The van der Waals surface area contributed by atoms with Crippen molar-refractivity contribution in [3.05, 3.63) is 0 Å². The van der Waals surface area contributed by atoms with Crippen molar-refractivity contribution in [1.82, 2.24) is 9.80 Å². The van der Waals surface area contributed by atoms with E-state index in [2.05, 4.69) is 0 Å². The van der Waals surface area contributed by atoms with Crippen LogP contribution < -0.4 is 0 Å². The molecule has 2 aliphatic heterocycles. The molecule has 0 saturated carbocycles. The number of hydrogen-bond donors (Lipinski definition) is 1. The third-order valence-corrected chi connectivity index (χ3v) is 4.56. The second-order valence-electron chi connectivity index (χ2n) is 6.08. The minimum Gasteiger partial charge on any atom is -0.388 e. The Balaban J connectivity index is 1.73. The Morgan fingerprint density at radius 3 is 2.80 bits per heavy atom. The number of piperidine rings is 1. The van der Waals surface area contributed by atoms with Gasteiger partial charge in [0.15, 0.2) is 0 Å². The van der Waals surface area contributed by atoms with Crippen molar-refractivity contribution in [2.24, 2.45) is 0 Å². The van der Waals surface area contributed by atoms with Gasteiger partial charge in [-0.3, -0.25) is 9.59 Å². The summed E-state index contributed by atoms with van der Waals surface area (Å²) >= 11 is 0. The second kappa shape index (κ2) is 6.57. The largest absolute Gasteiger partial charge is 0.388 e. The van der Waals surface area contributed by atoms with Crippen LogP contribution in [0.25, 0.3) is 0 Å². The Hall–Kier alpha value is -1.10. The van der Waals surface area contributed by atoms with Gasteiger partial charge in [0.2, 0.25) is 11.8 Å². The average molecular weight is 282 g/mol. The van der Waals surface area contributed by atoms with E-state index in [1.54, 1.807) is 4.90 Å². The summed E-state index contributed by atoms with van der Waals surface area (Å²) in [6.45, 7) is 4.71. The summed E-state index contributed by atoms with van der Waals surface area (Å²) in [5.41, 5.74) is -0.696. The van der Waals surface area contributed by atoms with E-state index in [1.807, 2.05) is 11.8 Å². The quantitative estimate of drug-likeness (QED) is 0.823. The van der Waals surface area contributed by atoms with Crippen LogP contribution in [0.3, 0.4) is 0 Å². The van der Waals surface area contributed by atoms with Gasteiger partial charge < -0.3 is 14.9 Å². The van der Waals surface area contributed by atoms with E-state index >= 15 is 0 Å². The van der Waals surface area contributed by atoms with Crippen LogP contribution >= 0.6 is 0 Å². The van der Waals surface area contributed by atoms with Crippen molar-refractivity contribution in [3.63, 3.8) is 0 Å². The number of β-amino-alcohol motifs (C(OH)–C–C–N with tert-alkyl or cyclic N) is 1. The molecule has 0 aromatic rings. The molecule has 0 spiro atoms. The van der Waals surface area contributed by atoms with Crippen LogP contribution in [0.5, 0.6) is 0 Å². The topological polar surface area (TPSA) is 60.9 Å². The van der Waals surface area contributed by atoms with Crippen LogP contribution in [-0.2, 0) is 9.59 Å². The highest BCUT2D eigenvalue weighted by molar-refractivity contribution is 5.78. The maximum atomic E-state index is 12.2. The molecule has 0 radical (unpaired) electrons. The first-order valence-electron chi connectivity index (χ1n) is 7.82. The first-order chi connectivity index (χ1) is 9.54. The van der Waals surface area contributed by atoms with Crippen LogP contribution in [0, 0.1) is 0 Å². The lowest BCUT2D eigenvalue weighted by Crippen LogP contribution is -2.50. The zero-order valence-electron chi connectivity index (χ0n) is 12.4. The van der Waals surface area contributed by atoms with Gasteiger partial charge in [-0.15, -0.1) is 0 Å². The van der Waals surface area contributed by atoms with Gasteiger partial charge in [-0.1, -0.05) is 6.92 Å². The number of likely N-dealkylation sites (tertiary alicyclic amines) is 2. The highest BCUT2D eigenvalue weighted by Crippen LogP contribution is 2.24. The number of hydrogen-bond acceptors (Lipinski definition) is 3. The van der Waals surface area contributed by atoms with Crippen molar-refractivity contribution in [2.45, 2.75) is 57.5 Å². The molecule has 1 N–H and O–H groups in total. The van der Waals surface area contributed by atoms with Crippen molar-refractivity contribution in [3.8, 4) is 0 Å². The van der Waals surface area contributed by atoms with Crippen LogP contribution in [0.1, 0.15) is 51.9 Å². The molecule has 20 heavy (non-hydrogen) atoms. The molecule has 5 nitrogen and oxygen atoms in total. The summed E-state index contributed by atoms with van der Waals surface area (Å²) in [4.78, 5) is 27.3. The fourth-order valence-electron chi connectivity index (χ4n) is 3.13. The number of aliphatic hydroxyl groups is 1. The maximum Gasteiger partial charge on any atom is 0.222 e. The van der Waals surface area contributed by atoms with Crippen LogP contribution in [0.2, 0.25) is 0 Å². The maximum absolute atomic E-state index is 12.2. The average Bonchev–Trinajstić information content (AvgIpc) is 2.84. The highest BCUT2D eigenvalue weighted by atomic mass is 16.3.